The number of pyridine rings is 1. The molecule has 3 rings (SSSR count). The van der Waals surface area contributed by atoms with Crippen LogP contribution in [0.1, 0.15) is 38.4 Å². The molecule has 2 aromatic rings. The first kappa shape index (κ1) is 15.3. The summed E-state index contributed by atoms with van der Waals surface area (Å²) < 4.78 is 0. The maximum atomic E-state index is 10.0. The number of H-pyrrole nitrogens is 1. The van der Waals surface area contributed by atoms with Gasteiger partial charge in [0.25, 0.3) is 0 Å². The largest absolute Gasteiger partial charge is 0.492 e. The monoisotopic (exact) mass is 311 g/mol. The Labute approximate surface area is 135 Å². The van der Waals surface area contributed by atoms with Gasteiger partial charge >= 0.3 is 0 Å². The quantitative estimate of drug-likeness (QED) is 0.805. The van der Waals surface area contributed by atoms with E-state index in [1.165, 1.54) is 0 Å². The smallest absolute Gasteiger partial charge is 0.238 e. The molecule has 3 heterocycles. The molecule has 6 nitrogen and oxygen atoms in total. The van der Waals surface area contributed by atoms with Gasteiger partial charge in [-0.25, -0.2) is 9.98 Å². The second kappa shape index (κ2) is 5.87. The van der Waals surface area contributed by atoms with Gasteiger partial charge in [0.2, 0.25) is 11.8 Å². The van der Waals surface area contributed by atoms with Crippen LogP contribution in [0.4, 0.5) is 11.8 Å². The fourth-order valence-electron chi connectivity index (χ4n) is 2.31. The van der Waals surface area contributed by atoms with Gasteiger partial charge in [0, 0.05) is 30.1 Å². The number of aliphatic imine (C=N–C) groups is 1. The molecule has 0 saturated heterocycles. The second-order valence-corrected chi connectivity index (χ2v) is 6.79. The normalized spacial score (nSPS) is 15.2. The van der Waals surface area contributed by atoms with E-state index in [9.17, 15) is 5.11 Å². The average Bonchev–Trinajstić information content (AvgIpc) is 3.03. The van der Waals surface area contributed by atoms with Crippen molar-refractivity contribution in [1.82, 2.24) is 15.0 Å². The molecule has 2 aromatic heterocycles. The van der Waals surface area contributed by atoms with Crippen LogP contribution in [-0.4, -0.2) is 32.8 Å². The van der Waals surface area contributed by atoms with E-state index in [1.807, 2.05) is 18.2 Å². The Morgan fingerprint density at radius 1 is 1.35 bits per heavy atom. The fourth-order valence-corrected chi connectivity index (χ4v) is 2.31. The summed E-state index contributed by atoms with van der Waals surface area (Å²) >= 11 is 0. The highest BCUT2D eigenvalue weighted by molar-refractivity contribution is 6.20. The average molecular weight is 311 g/mol. The molecular weight excluding hydrogens is 290 g/mol. The lowest BCUT2D eigenvalue weighted by atomic mass is 9.92. The van der Waals surface area contributed by atoms with Crippen LogP contribution in [0.25, 0.3) is 11.6 Å². The molecule has 1 aliphatic rings. The number of aromatic nitrogens is 3. The van der Waals surface area contributed by atoms with Crippen LogP contribution in [0, 0.1) is 5.41 Å². The number of anilines is 1. The van der Waals surface area contributed by atoms with Crippen molar-refractivity contribution < 1.29 is 5.11 Å². The van der Waals surface area contributed by atoms with E-state index in [0.717, 1.165) is 24.1 Å². The first-order valence-electron chi connectivity index (χ1n) is 7.66. The topological polar surface area (TPSA) is 86.2 Å². The number of imidazole rings is 1. The Kier molecular flexibility index (Phi) is 3.90. The molecule has 6 heteroatoms. The zero-order valence-electron chi connectivity index (χ0n) is 13.6. The highest BCUT2D eigenvalue weighted by atomic mass is 16.3. The number of aromatic amines is 1. The van der Waals surface area contributed by atoms with E-state index in [-0.39, 0.29) is 11.3 Å². The maximum Gasteiger partial charge on any atom is 0.238 e. The molecule has 0 spiro atoms. The van der Waals surface area contributed by atoms with Crippen molar-refractivity contribution in [1.29, 1.82) is 0 Å². The number of fused-ring (bicyclic) bond motifs is 1. The minimum atomic E-state index is -0.0264. The third-order valence-electron chi connectivity index (χ3n) is 3.60. The van der Waals surface area contributed by atoms with Crippen LogP contribution < -0.4 is 5.32 Å². The molecule has 1 aliphatic heterocycles. The van der Waals surface area contributed by atoms with Gasteiger partial charge in [0.1, 0.15) is 5.69 Å². The SMILES string of the molecule is CC(C)(C)CCNc1nc(O)c(/C=C2\C=Nc3ncccc32)[nH]1. The summed E-state index contributed by atoms with van der Waals surface area (Å²) in [5, 5.41) is 13.2. The van der Waals surface area contributed by atoms with Crippen LogP contribution in [-0.2, 0) is 0 Å². The van der Waals surface area contributed by atoms with Gasteiger partial charge in [0.15, 0.2) is 5.82 Å². The molecule has 120 valence electrons. The summed E-state index contributed by atoms with van der Waals surface area (Å²) in [6, 6.07) is 3.82. The third kappa shape index (κ3) is 3.59. The standard InChI is InChI=1S/C17H21N5O/c1-17(2,3)6-8-19-16-21-13(15(23)22-16)9-11-10-20-14-12(11)5-4-7-18-14/h4-5,7,9-10,23H,6,8H2,1-3H3,(H2,19,21,22)/b11-9+. The number of hydrogen-bond donors (Lipinski definition) is 3. The van der Waals surface area contributed by atoms with Crippen LogP contribution in [0.15, 0.2) is 23.3 Å². The molecule has 0 fully saturated rings. The van der Waals surface area contributed by atoms with Crippen LogP contribution in [0.5, 0.6) is 5.88 Å². The summed E-state index contributed by atoms with van der Waals surface area (Å²) in [4.78, 5) is 15.7. The molecule has 0 bridgehead atoms. The van der Waals surface area contributed by atoms with Gasteiger partial charge in [-0.3, -0.25) is 0 Å². The Morgan fingerprint density at radius 3 is 2.96 bits per heavy atom. The van der Waals surface area contributed by atoms with E-state index in [1.54, 1.807) is 12.4 Å². The number of aromatic hydroxyl groups is 1. The Balaban J connectivity index is 1.75. The highest BCUT2D eigenvalue weighted by Gasteiger charge is 2.15. The van der Waals surface area contributed by atoms with Gasteiger partial charge in [-0.15, -0.1) is 0 Å². The van der Waals surface area contributed by atoms with E-state index < -0.39 is 0 Å². The van der Waals surface area contributed by atoms with Crippen molar-refractivity contribution in [3.8, 4) is 5.88 Å². The van der Waals surface area contributed by atoms with Crippen molar-refractivity contribution in [2.45, 2.75) is 27.2 Å². The van der Waals surface area contributed by atoms with Gasteiger partial charge in [0.05, 0.1) is 0 Å². The lowest BCUT2D eigenvalue weighted by Crippen LogP contribution is -2.13. The molecule has 3 N–H and O–H groups in total. The van der Waals surface area contributed by atoms with Crippen molar-refractivity contribution in [2.75, 3.05) is 11.9 Å². The van der Waals surface area contributed by atoms with Gasteiger partial charge in [-0.2, -0.15) is 4.98 Å². The van der Waals surface area contributed by atoms with Gasteiger partial charge in [-0.05, 0) is 30.0 Å². The van der Waals surface area contributed by atoms with Crippen LogP contribution in [0.2, 0.25) is 0 Å². The van der Waals surface area contributed by atoms with Crippen LogP contribution in [0.3, 0.4) is 0 Å². The second-order valence-electron chi connectivity index (χ2n) is 6.79. The predicted octanol–water partition coefficient (Wildman–Crippen LogP) is 3.61. The number of nitrogens with one attached hydrogen (secondary N) is 2. The lowest BCUT2D eigenvalue weighted by Gasteiger charge is -2.17. The molecule has 0 atom stereocenters. The third-order valence-corrected chi connectivity index (χ3v) is 3.60. The molecule has 0 saturated carbocycles. The van der Waals surface area contributed by atoms with E-state index in [0.29, 0.717) is 17.5 Å². The summed E-state index contributed by atoms with van der Waals surface area (Å²) in [5.41, 5.74) is 2.65. The van der Waals surface area contributed by atoms with E-state index in [2.05, 4.69) is 46.0 Å². The number of nitrogens with zero attached hydrogens (tertiary/aromatic N) is 3. The molecule has 0 amide bonds. The van der Waals surface area contributed by atoms with Crippen molar-refractivity contribution in [2.24, 2.45) is 10.4 Å². The molecule has 0 aromatic carbocycles. The molecule has 23 heavy (non-hydrogen) atoms. The minimum absolute atomic E-state index is 0.0264. The van der Waals surface area contributed by atoms with E-state index in [4.69, 9.17) is 0 Å². The van der Waals surface area contributed by atoms with E-state index >= 15 is 0 Å². The maximum absolute atomic E-state index is 10.0. The summed E-state index contributed by atoms with van der Waals surface area (Å²) in [6.07, 6.45) is 6.29. The zero-order chi connectivity index (χ0) is 16.4. The number of allylic oxidation sites excluding steroid dienone is 1. The zero-order valence-corrected chi connectivity index (χ0v) is 13.6. The minimum Gasteiger partial charge on any atom is -0.492 e. The predicted molar refractivity (Wildman–Crippen MR) is 93.1 cm³/mol. The summed E-state index contributed by atoms with van der Waals surface area (Å²) in [7, 11) is 0. The Bertz CT molecular complexity index is 768. The number of hydrogen-bond acceptors (Lipinski definition) is 5. The highest BCUT2D eigenvalue weighted by Crippen LogP contribution is 2.31. The Morgan fingerprint density at radius 2 is 2.17 bits per heavy atom. The van der Waals surface area contributed by atoms with Gasteiger partial charge < -0.3 is 15.4 Å². The number of rotatable bonds is 4. The summed E-state index contributed by atoms with van der Waals surface area (Å²) in [6.45, 7) is 7.36. The Hall–Kier alpha value is -2.63. The molecule has 0 unspecified atom stereocenters. The van der Waals surface area contributed by atoms with Crippen molar-refractivity contribution in [3.05, 3.63) is 29.6 Å². The van der Waals surface area contributed by atoms with Gasteiger partial charge in [-0.1, -0.05) is 20.8 Å². The van der Waals surface area contributed by atoms with Crippen molar-refractivity contribution in [3.63, 3.8) is 0 Å². The van der Waals surface area contributed by atoms with Crippen molar-refractivity contribution >= 4 is 29.6 Å². The molecular formula is C17H21N5O. The lowest BCUT2D eigenvalue weighted by molar-refractivity contribution is 0.389. The summed E-state index contributed by atoms with van der Waals surface area (Å²) in [5.74, 6) is 1.24. The fraction of sp³-hybridized carbons (Fsp3) is 0.353. The van der Waals surface area contributed by atoms with Crippen LogP contribution >= 0.6 is 0 Å². The first-order valence-corrected chi connectivity index (χ1v) is 7.66. The molecule has 0 radical (unpaired) electrons. The first-order chi connectivity index (χ1) is 10.9. The molecule has 0 aliphatic carbocycles.